The Morgan fingerprint density at radius 1 is 1.38 bits per heavy atom. The van der Waals surface area contributed by atoms with E-state index < -0.39 is 0 Å². The van der Waals surface area contributed by atoms with Crippen molar-refractivity contribution in [3.05, 3.63) is 0 Å². The van der Waals surface area contributed by atoms with E-state index in [0.29, 0.717) is 19.1 Å². The number of ether oxygens (including phenoxy) is 1. The fourth-order valence-corrected chi connectivity index (χ4v) is 1.95. The van der Waals surface area contributed by atoms with Gasteiger partial charge in [-0.2, -0.15) is 0 Å². The second kappa shape index (κ2) is 5.97. The highest BCUT2D eigenvalue weighted by atomic mass is 16.5. The molecule has 76 valence electrons. The molecular weight excluding hydrogens is 166 g/mol. The van der Waals surface area contributed by atoms with Crippen molar-refractivity contribution >= 4 is 6.47 Å². The van der Waals surface area contributed by atoms with Gasteiger partial charge in [-0.1, -0.05) is 19.3 Å². The molecule has 0 bridgehead atoms. The zero-order valence-corrected chi connectivity index (χ0v) is 8.37. The maximum Gasteiger partial charge on any atom is 0.293 e. The predicted molar refractivity (Wildman–Crippen MR) is 51.5 cm³/mol. The van der Waals surface area contributed by atoms with E-state index in [1.54, 1.807) is 0 Å². The topological polar surface area (TPSA) is 29.5 Å². The third-order valence-corrected chi connectivity index (χ3v) is 2.83. The van der Waals surface area contributed by atoms with Crippen LogP contribution in [0.5, 0.6) is 0 Å². The summed E-state index contributed by atoms with van der Waals surface area (Å²) in [6.07, 6.45) is 6.69. The third kappa shape index (κ3) is 3.77. The smallest absolute Gasteiger partial charge is 0.293 e. The minimum Gasteiger partial charge on any atom is -0.467 e. The zero-order valence-electron chi connectivity index (χ0n) is 8.37. The summed E-state index contributed by atoms with van der Waals surface area (Å²) in [4.78, 5) is 12.2. The van der Waals surface area contributed by atoms with Gasteiger partial charge in [0.15, 0.2) is 0 Å². The maximum atomic E-state index is 9.92. The molecule has 0 saturated heterocycles. The molecule has 0 heterocycles. The quantitative estimate of drug-likeness (QED) is 0.479. The second-order valence-corrected chi connectivity index (χ2v) is 3.74. The summed E-state index contributed by atoms with van der Waals surface area (Å²) in [6.45, 7) is 1.91. The van der Waals surface area contributed by atoms with Crippen molar-refractivity contribution in [3.8, 4) is 0 Å². The summed E-state index contributed by atoms with van der Waals surface area (Å²) in [7, 11) is 2.12. The molecule has 0 amide bonds. The first kappa shape index (κ1) is 10.5. The summed E-state index contributed by atoms with van der Waals surface area (Å²) in [5, 5.41) is 0. The lowest BCUT2D eigenvalue weighted by molar-refractivity contribution is -0.129. The normalized spacial score (nSPS) is 18.9. The van der Waals surface area contributed by atoms with Crippen LogP contribution in [0.4, 0.5) is 0 Å². The van der Waals surface area contributed by atoms with Crippen LogP contribution < -0.4 is 0 Å². The van der Waals surface area contributed by atoms with E-state index in [-0.39, 0.29) is 0 Å². The first-order valence-electron chi connectivity index (χ1n) is 5.10. The van der Waals surface area contributed by atoms with Gasteiger partial charge in [-0.15, -0.1) is 0 Å². The van der Waals surface area contributed by atoms with Crippen molar-refractivity contribution in [1.82, 2.24) is 4.90 Å². The van der Waals surface area contributed by atoms with Crippen molar-refractivity contribution in [2.75, 3.05) is 20.2 Å². The number of hydrogen-bond donors (Lipinski definition) is 0. The van der Waals surface area contributed by atoms with E-state index in [0.717, 1.165) is 6.54 Å². The SMILES string of the molecule is CN(CCOC=O)C1CCCCC1. The molecule has 1 rings (SSSR count). The molecular formula is C10H19NO2. The molecule has 1 saturated carbocycles. The number of likely N-dealkylation sites (N-methyl/N-ethyl adjacent to an activating group) is 1. The Morgan fingerprint density at radius 2 is 2.08 bits per heavy atom. The molecule has 0 radical (unpaired) electrons. The molecule has 0 aromatic rings. The molecule has 1 aliphatic carbocycles. The van der Waals surface area contributed by atoms with Crippen LogP contribution in [-0.2, 0) is 9.53 Å². The van der Waals surface area contributed by atoms with Crippen LogP contribution in [0.3, 0.4) is 0 Å². The van der Waals surface area contributed by atoms with Gasteiger partial charge in [-0.25, -0.2) is 0 Å². The van der Waals surface area contributed by atoms with E-state index in [2.05, 4.69) is 16.7 Å². The number of rotatable bonds is 5. The summed E-state index contributed by atoms with van der Waals surface area (Å²) < 4.78 is 4.67. The first-order chi connectivity index (χ1) is 6.34. The average molecular weight is 185 g/mol. The highest BCUT2D eigenvalue weighted by Gasteiger charge is 2.17. The van der Waals surface area contributed by atoms with E-state index in [1.807, 2.05) is 0 Å². The molecule has 0 spiro atoms. The molecule has 1 aliphatic rings. The van der Waals surface area contributed by atoms with Crippen molar-refractivity contribution in [3.63, 3.8) is 0 Å². The maximum absolute atomic E-state index is 9.92. The molecule has 0 N–H and O–H groups in total. The van der Waals surface area contributed by atoms with Gasteiger partial charge in [-0.05, 0) is 19.9 Å². The molecule has 0 aliphatic heterocycles. The molecule has 0 unspecified atom stereocenters. The molecule has 13 heavy (non-hydrogen) atoms. The lowest BCUT2D eigenvalue weighted by Gasteiger charge is -2.30. The van der Waals surface area contributed by atoms with E-state index in [9.17, 15) is 4.79 Å². The monoisotopic (exact) mass is 185 g/mol. The fraction of sp³-hybridized carbons (Fsp3) is 0.900. The zero-order chi connectivity index (χ0) is 9.52. The average Bonchev–Trinajstić information content (AvgIpc) is 2.19. The molecule has 3 nitrogen and oxygen atoms in total. The molecule has 0 aromatic carbocycles. The summed E-state index contributed by atoms with van der Waals surface area (Å²) in [6, 6.07) is 0.712. The number of nitrogens with zero attached hydrogens (tertiary/aromatic N) is 1. The van der Waals surface area contributed by atoms with Gasteiger partial charge in [0.2, 0.25) is 0 Å². The summed E-state index contributed by atoms with van der Waals surface area (Å²) >= 11 is 0. The van der Waals surface area contributed by atoms with Crippen LogP contribution in [0, 0.1) is 0 Å². The predicted octanol–water partition coefficient (Wildman–Crippen LogP) is 1.42. The molecule has 0 atom stereocenters. The number of carbonyl (C=O) groups excluding carboxylic acids is 1. The van der Waals surface area contributed by atoms with Crippen molar-refractivity contribution in [2.45, 2.75) is 38.1 Å². The minimum absolute atomic E-state index is 0.523. The van der Waals surface area contributed by atoms with Gasteiger partial charge in [0.1, 0.15) is 6.61 Å². The summed E-state index contributed by atoms with van der Waals surface area (Å²) in [5.74, 6) is 0. The van der Waals surface area contributed by atoms with Gasteiger partial charge in [0.05, 0.1) is 0 Å². The van der Waals surface area contributed by atoms with Crippen molar-refractivity contribution < 1.29 is 9.53 Å². The first-order valence-corrected chi connectivity index (χ1v) is 5.10. The van der Waals surface area contributed by atoms with Crippen LogP contribution in [0.2, 0.25) is 0 Å². The Morgan fingerprint density at radius 3 is 2.69 bits per heavy atom. The Balaban J connectivity index is 2.13. The Kier molecular flexibility index (Phi) is 4.83. The molecule has 1 fully saturated rings. The second-order valence-electron chi connectivity index (χ2n) is 3.74. The largest absolute Gasteiger partial charge is 0.467 e. The lowest BCUT2D eigenvalue weighted by Crippen LogP contribution is -2.35. The van der Waals surface area contributed by atoms with Crippen molar-refractivity contribution in [1.29, 1.82) is 0 Å². The Bertz CT molecular complexity index is 144. The summed E-state index contributed by atoms with van der Waals surface area (Å²) in [5.41, 5.74) is 0. The third-order valence-electron chi connectivity index (χ3n) is 2.83. The van der Waals surface area contributed by atoms with E-state index in [4.69, 9.17) is 0 Å². The highest BCUT2D eigenvalue weighted by molar-refractivity contribution is 5.36. The van der Waals surface area contributed by atoms with Gasteiger partial charge in [-0.3, -0.25) is 4.79 Å². The highest BCUT2D eigenvalue weighted by Crippen LogP contribution is 2.21. The van der Waals surface area contributed by atoms with E-state index >= 15 is 0 Å². The molecule has 0 aromatic heterocycles. The Labute approximate surface area is 80.1 Å². The van der Waals surface area contributed by atoms with Gasteiger partial charge >= 0.3 is 0 Å². The van der Waals surface area contributed by atoms with Crippen LogP contribution in [-0.4, -0.2) is 37.6 Å². The van der Waals surface area contributed by atoms with Crippen LogP contribution in [0.1, 0.15) is 32.1 Å². The van der Waals surface area contributed by atoms with Crippen molar-refractivity contribution in [2.24, 2.45) is 0 Å². The number of hydrogen-bond acceptors (Lipinski definition) is 3. The van der Waals surface area contributed by atoms with Gasteiger partial charge < -0.3 is 9.64 Å². The standard InChI is InChI=1S/C10H19NO2/c1-11(7-8-13-9-12)10-5-3-2-4-6-10/h9-10H,2-8H2,1H3. The van der Waals surface area contributed by atoms with E-state index in [1.165, 1.54) is 32.1 Å². The van der Waals surface area contributed by atoms with Crippen LogP contribution >= 0.6 is 0 Å². The van der Waals surface area contributed by atoms with Crippen LogP contribution in [0.25, 0.3) is 0 Å². The fourth-order valence-electron chi connectivity index (χ4n) is 1.95. The Hall–Kier alpha value is -0.570. The number of carbonyl (C=O) groups is 1. The minimum atomic E-state index is 0.523. The lowest BCUT2D eigenvalue weighted by atomic mass is 9.94. The van der Waals surface area contributed by atoms with Crippen LogP contribution in [0.15, 0.2) is 0 Å². The molecule has 3 heteroatoms. The van der Waals surface area contributed by atoms with Gasteiger partial charge in [0.25, 0.3) is 6.47 Å². The van der Waals surface area contributed by atoms with Gasteiger partial charge in [0, 0.05) is 12.6 Å².